The van der Waals surface area contributed by atoms with Crippen molar-refractivity contribution in [1.82, 2.24) is 10.2 Å². The summed E-state index contributed by atoms with van der Waals surface area (Å²) in [5.41, 5.74) is 0.0574. The molecule has 3 heteroatoms. The molecule has 1 aliphatic heterocycles. The first-order valence-corrected chi connectivity index (χ1v) is 6.70. The monoisotopic (exact) mass is 228 g/mol. The highest BCUT2D eigenvalue weighted by molar-refractivity contribution is 4.81. The Morgan fingerprint density at radius 3 is 2.38 bits per heavy atom. The van der Waals surface area contributed by atoms with Crippen LogP contribution in [-0.4, -0.2) is 48.8 Å². The van der Waals surface area contributed by atoms with Crippen molar-refractivity contribution in [1.29, 1.82) is 0 Å². The van der Waals surface area contributed by atoms with Gasteiger partial charge in [-0.3, -0.25) is 0 Å². The van der Waals surface area contributed by atoms with Crippen LogP contribution in [0.25, 0.3) is 0 Å². The predicted octanol–water partition coefficient (Wildman–Crippen LogP) is 1.47. The van der Waals surface area contributed by atoms with Crippen molar-refractivity contribution >= 4 is 0 Å². The first-order valence-electron chi connectivity index (χ1n) is 6.70. The van der Waals surface area contributed by atoms with Gasteiger partial charge in [0.05, 0.1) is 0 Å². The van der Waals surface area contributed by atoms with Gasteiger partial charge in [-0.1, -0.05) is 20.8 Å². The van der Waals surface area contributed by atoms with Gasteiger partial charge in [-0.2, -0.15) is 0 Å². The standard InChI is InChI=1S/C13H28N2O/c1-4-13(3,11-16)10-14-12-6-8-15(5-2)9-7-12/h12,14,16H,4-11H2,1-3H3. The second-order valence-electron chi connectivity index (χ2n) is 5.41. The van der Waals surface area contributed by atoms with Crippen LogP contribution >= 0.6 is 0 Å². The molecule has 3 nitrogen and oxygen atoms in total. The molecule has 0 bridgehead atoms. The summed E-state index contributed by atoms with van der Waals surface area (Å²) >= 11 is 0. The summed E-state index contributed by atoms with van der Waals surface area (Å²) in [6.45, 7) is 11.4. The molecule has 0 aromatic rings. The molecule has 1 atom stereocenters. The number of hydrogen-bond donors (Lipinski definition) is 2. The molecule has 1 unspecified atom stereocenters. The number of piperidine rings is 1. The highest BCUT2D eigenvalue weighted by atomic mass is 16.3. The van der Waals surface area contributed by atoms with Crippen LogP contribution in [0.2, 0.25) is 0 Å². The Kier molecular flexibility index (Phi) is 5.73. The molecule has 0 aromatic carbocycles. The average Bonchev–Trinajstić information content (AvgIpc) is 2.36. The zero-order valence-electron chi connectivity index (χ0n) is 11.1. The zero-order chi connectivity index (χ0) is 12.0. The Morgan fingerprint density at radius 2 is 1.94 bits per heavy atom. The lowest BCUT2D eigenvalue weighted by Crippen LogP contribution is -2.46. The van der Waals surface area contributed by atoms with Gasteiger partial charge in [0.2, 0.25) is 0 Å². The molecule has 1 fully saturated rings. The van der Waals surface area contributed by atoms with Gasteiger partial charge in [-0.25, -0.2) is 0 Å². The van der Waals surface area contributed by atoms with E-state index < -0.39 is 0 Å². The van der Waals surface area contributed by atoms with E-state index in [4.69, 9.17) is 0 Å². The lowest BCUT2D eigenvalue weighted by Gasteiger charge is -2.34. The van der Waals surface area contributed by atoms with Crippen molar-refractivity contribution in [3.63, 3.8) is 0 Å². The minimum Gasteiger partial charge on any atom is -0.396 e. The fraction of sp³-hybridized carbons (Fsp3) is 1.00. The molecular formula is C13H28N2O. The summed E-state index contributed by atoms with van der Waals surface area (Å²) in [4.78, 5) is 2.50. The fourth-order valence-corrected chi connectivity index (χ4v) is 2.14. The zero-order valence-corrected chi connectivity index (χ0v) is 11.1. The maximum atomic E-state index is 9.35. The van der Waals surface area contributed by atoms with Gasteiger partial charge >= 0.3 is 0 Å². The van der Waals surface area contributed by atoms with Gasteiger partial charge in [-0.15, -0.1) is 0 Å². The van der Waals surface area contributed by atoms with Crippen molar-refractivity contribution in [3.05, 3.63) is 0 Å². The Balaban J connectivity index is 2.24. The van der Waals surface area contributed by atoms with Crippen LogP contribution in [0.4, 0.5) is 0 Å². The number of aliphatic hydroxyl groups excluding tert-OH is 1. The summed E-state index contributed by atoms with van der Waals surface area (Å²) < 4.78 is 0. The summed E-state index contributed by atoms with van der Waals surface area (Å²) in [5, 5.41) is 13.0. The highest BCUT2D eigenvalue weighted by Gasteiger charge is 2.24. The van der Waals surface area contributed by atoms with Gasteiger partial charge in [0.1, 0.15) is 0 Å². The Morgan fingerprint density at radius 1 is 1.31 bits per heavy atom. The van der Waals surface area contributed by atoms with E-state index in [0.29, 0.717) is 6.04 Å². The Bertz CT molecular complexity index is 184. The number of nitrogens with one attached hydrogen (secondary N) is 1. The molecule has 96 valence electrons. The number of aliphatic hydroxyl groups is 1. The van der Waals surface area contributed by atoms with E-state index in [9.17, 15) is 5.11 Å². The summed E-state index contributed by atoms with van der Waals surface area (Å²) in [6.07, 6.45) is 3.53. The molecule has 0 spiro atoms. The molecule has 1 heterocycles. The molecular weight excluding hydrogens is 200 g/mol. The van der Waals surface area contributed by atoms with Gasteiger partial charge in [0.25, 0.3) is 0 Å². The number of likely N-dealkylation sites (tertiary alicyclic amines) is 1. The molecule has 0 saturated carbocycles. The van der Waals surface area contributed by atoms with Crippen LogP contribution in [-0.2, 0) is 0 Å². The summed E-state index contributed by atoms with van der Waals surface area (Å²) in [6, 6.07) is 0.653. The SMILES string of the molecule is CCN1CCC(NCC(C)(CC)CO)CC1. The van der Waals surface area contributed by atoms with E-state index in [-0.39, 0.29) is 12.0 Å². The topological polar surface area (TPSA) is 35.5 Å². The number of hydrogen-bond acceptors (Lipinski definition) is 3. The van der Waals surface area contributed by atoms with E-state index >= 15 is 0 Å². The number of rotatable bonds is 6. The maximum Gasteiger partial charge on any atom is 0.0496 e. The van der Waals surface area contributed by atoms with E-state index in [0.717, 1.165) is 13.0 Å². The van der Waals surface area contributed by atoms with E-state index in [1.54, 1.807) is 0 Å². The van der Waals surface area contributed by atoms with Crippen molar-refractivity contribution in [3.8, 4) is 0 Å². The van der Waals surface area contributed by atoms with Crippen molar-refractivity contribution in [2.24, 2.45) is 5.41 Å². The van der Waals surface area contributed by atoms with Gasteiger partial charge in [0.15, 0.2) is 0 Å². The number of nitrogens with zero attached hydrogens (tertiary/aromatic N) is 1. The predicted molar refractivity (Wildman–Crippen MR) is 68.6 cm³/mol. The van der Waals surface area contributed by atoms with Gasteiger partial charge in [-0.05, 0) is 38.9 Å². The lowest BCUT2D eigenvalue weighted by atomic mass is 9.88. The minimum atomic E-state index is 0.0574. The molecule has 1 saturated heterocycles. The molecule has 2 N–H and O–H groups in total. The van der Waals surface area contributed by atoms with Gasteiger partial charge < -0.3 is 15.3 Å². The van der Waals surface area contributed by atoms with Crippen LogP contribution in [0.3, 0.4) is 0 Å². The molecule has 16 heavy (non-hydrogen) atoms. The highest BCUT2D eigenvalue weighted by Crippen LogP contribution is 2.19. The normalized spacial score (nSPS) is 23.2. The Hall–Kier alpha value is -0.120. The molecule has 0 radical (unpaired) electrons. The minimum absolute atomic E-state index is 0.0574. The van der Waals surface area contributed by atoms with Crippen molar-refractivity contribution in [2.45, 2.75) is 46.1 Å². The average molecular weight is 228 g/mol. The third kappa shape index (κ3) is 4.04. The second kappa shape index (κ2) is 6.58. The molecule has 0 aliphatic carbocycles. The van der Waals surface area contributed by atoms with Crippen molar-refractivity contribution in [2.75, 3.05) is 32.8 Å². The third-order valence-electron chi connectivity index (χ3n) is 4.09. The molecule has 1 rings (SSSR count). The smallest absolute Gasteiger partial charge is 0.0496 e. The van der Waals surface area contributed by atoms with E-state index in [1.165, 1.54) is 32.5 Å². The largest absolute Gasteiger partial charge is 0.396 e. The quantitative estimate of drug-likeness (QED) is 0.722. The van der Waals surface area contributed by atoms with E-state index in [1.807, 2.05) is 0 Å². The second-order valence-corrected chi connectivity index (χ2v) is 5.41. The molecule has 0 amide bonds. The van der Waals surface area contributed by atoms with E-state index in [2.05, 4.69) is 31.0 Å². The third-order valence-corrected chi connectivity index (χ3v) is 4.09. The maximum absolute atomic E-state index is 9.35. The summed E-state index contributed by atoms with van der Waals surface area (Å²) in [7, 11) is 0. The van der Waals surface area contributed by atoms with Crippen LogP contribution in [0, 0.1) is 5.41 Å². The van der Waals surface area contributed by atoms with Crippen LogP contribution in [0.15, 0.2) is 0 Å². The van der Waals surface area contributed by atoms with Gasteiger partial charge in [0, 0.05) is 24.6 Å². The fourth-order valence-electron chi connectivity index (χ4n) is 2.14. The van der Waals surface area contributed by atoms with Crippen molar-refractivity contribution < 1.29 is 5.11 Å². The Labute approximate surface area is 100 Å². The van der Waals surface area contributed by atoms with Crippen LogP contribution < -0.4 is 5.32 Å². The molecule has 0 aromatic heterocycles. The first-order chi connectivity index (χ1) is 7.63. The summed E-state index contributed by atoms with van der Waals surface area (Å²) in [5.74, 6) is 0. The van der Waals surface area contributed by atoms with Crippen LogP contribution in [0.5, 0.6) is 0 Å². The first kappa shape index (κ1) is 13.9. The lowest BCUT2D eigenvalue weighted by molar-refractivity contribution is 0.123. The van der Waals surface area contributed by atoms with Crippen LogP contribution in [0.1, 0.15) is 40.0 Å². The molecule has 1 aliphatic rings.